The normalized spacial score (nSPS) is 12.1. The second kappa shape index (κ2) is 13.6. The minimum atomic E-state index is 0.824. The Labute approximate surface area is 370 Å². The lowest BCUT2D eigenvalue weighted by atomic mass is 9.96. The zero-order valence-electron chi connectivity index (χ0n) is 34.2. The second-order valence-corrected chi connectivity index (χ2v) is 17.7. The van der Waals surface area contributed by atoms with E-state index in [0.29, 0.717) is 0 Å². The molecule has 4 nitrogen and oxygen atoms in total. The molecule has 0 aliphatic heterocycles. The summed E-state index contributed by atoms with van der Waals surface area (Å²) in [6, 6.07) is 73.5. The van der Waals surface area contributed by atoms with E-state index in [9.17, 15) is 0 Å². The third kappa shape index (κ3) is 5.25. The van der Waals surface area contributed by atoms with Crippen molar-refractivity contribution in [3.8, 4) is 50.5 Å². The summed E-state index contributed by atoms with van der Waals surface area (Å²) in [5.74, 6) is 0. The molecular weight excluding hydrogens is 801 g/mol. The zero-order chi connectivity index (χ0) is 41.9. The first-order chi connectivity index (χ1) is 31.7. The van der Waals surface area contributed by atoms with Gasteiger partial charge in [0, 0.05) is 74.9 Å². The highest BCUT2D eigenvalue weighted by atomic mass is 32.1. The number of para-hydroxylation sites is 3. The van der Waals surface area contributed by atoms with Crippen molar-refractivity contribution in [2.75, 3.05) is 0 Å². The van der Waals surface area contributed by atoms with Crippen molar-refractivity contribution in [3.05, 3.63) is 206 Å². The maximum absolute atomic E-state index is 6.68. The number of fused-ring (bicyclic) bond motifs is 13. The lowest BCUT2D eigenvalue weighted by molar-refractivity contribution is 0.668. The Bertz CT molecular complexity index is 4190. The van der Waals surface area contributed by atoms with E-state index in [1.54, 1.807) is 0 Å². The predicted molar refractivity (Wildman–Crippen MR) is 268 cm³/mol. The summed E-state index contributed by atoms with van der Waals surface area (Å²) in [5, 5.41) is 9.43. The van der Waals surface area contributed by atoms with Crippen LogP contribution in [0.5, 0.6) is 0 Å². The highest BCUT2D eigenvalue weighted by molar-refractivity contribution is 7.26. The number of thiophene rings is 1. The van der Waals surface area contributed by atoms with Crippen LogP contribution in [0.1, 0.15) is 0 Å². The number of furan rings is 2. The van der Waals surface area contributed by atoms with Gasteiger partial charge in [-0.3, -0.25) is 0 Å². The Morgan fingerprint density at radius 3 is 1.95 bits per heavy atom. The van der Waals surface area contributed by atoms with Crippen molar-refractivity contribution in [1.82, 2.24) is 9.55 Å². The topological polar surface area (TPSA) is 44.1 Å². The molecule has 0 unspecified atom stereocenters. The van der Waals surface area contributed by atoms with Gasteiger partial charge in [-0.15, -0.1) is 11.3 Å². The number of hydrogen-bond donors (Lipinski definition) is 0. The highest BCUT2D eigenvalue weighted by Gasteiger charge is 2.22. The van der Waals surface area contributed by atoms with Crippen molar-refractivity contribution in [1.29, 1.82) is 0 Å². The van der Waals surface area contributed by atoms with Gasteiger partial charge in [0.05, 0.1) is 22.4 Å². The molecule has 9 aromatic carbocycles. The van der Waals surface area contributed by atoms with Gasteiger partial charge in [-0.1, -0.05) is 127 Å². The molecule has 0 N–H and O–H groups in total. The van der Waals surface area contributed by atoms with E-state index in [1.807, 2.05) is 23.5 Å². The van der Waals surface area contributed by atoms with Gasteiger partial charge in [-0.25, -0.2) is 4.98 Å². The Balaban J connectivity index is 1.00. The van der Waals surface area contributed by atoms with Crippen LogP contribution in [-0.4, -0.2) is 9.55 Å². The minimum absolute atomic E-state index is 0.824. The van der Waals surface area contributed by atoms with Crippen molar-refractivity contribution >= 4 is 97.2 Å². The van der Waals surface area contributed by atoms with E-state index in [-0.39, 0.29) is 0 Å². The fraction of sp³-hybridized carbons (Fsp3) is 0. The van der Waals surface area contributed by atoms with Crippen molar-refractivity contribution in [2.45, 2.75) is 0 Å². The van der Waals surface area contributed by atoms with Crippen molar-refractivity contribution in [3.63, 3.8) is 0 Å². The molecule has 0 atom stereocenters. The largest absolute Gasteiger partial charge is 0.456 e. The van der Waals surface area contributed by atoms with Gasteiger partial charge in [0.1, 0.15) is 22.3 Å². The Morgan fingerprint density at radius 1 is 0.359 bits per heavy atom. The summed E-state index contributed by atoms with van der Waals surface area (Å²) in [5.41, 5.74) is 15.1. The Hall–Kier alpha value is -8.25. The van der Waals surface area contributed by atoms with Crippen LogP contribution in [0.2, 0.25) is 0 Å². The van der Waals surface area contributed by atoms with Crippen LogP contribution in [0.25, 0.3) is 136 Å². The summed E-state index contributed by atoms with van der Waals surface area (Å²) in [4.78, 5) is 5.44. The van der Waals surface area contributed by atoms with Crippen molar-refractivity contribution < 1.29 is 8.83 Å². The van der Waals surface area contributed by atoms with Gasteiger partial charge < -0.3 is 13.4 Å². The van der Waals surface area contributed by atoms with Crippen LogP contribution < -0.4 is 0 Å². The standard InChI is InChI=1S/C59H34N2O2S/c1-3-13-35(14-4-1)38-32-47(37-25-27-42-41-17-7-9-22-50(41)63-53(42)34-37)60-48(33-38)43-20-12-23-52-56(43)46-31-36(26-29-51(46)62-52)40-19-11-21-45-57-49(61(59(40)45)39-15-5-2-6-16-39)28-30-55-58(57)44-18-8-10-24-54(44)64-55/h1-34H. The molecule has 14 aromatic rings. The molecule has 14 rings (SSSR count). The molecule has 298 valence electrons. The molecule has 5 aromatic heterocycles. The number of aromatic nitrogens is 2. The average molecular weight is 835 g/mol. The first-order valence-corrected chi connectivity index (χ1v) is 22.4. The minimum Gasteiger partial charge on any atom is -0.456 e. The zero-order valence-corrected chi connectivity index (χ0v) is 35.1. The predicted octanol–water partition coefficient (Wildman–Crippen LogP) is 17.0. The molecule has 0 spiro atoms. The number of rotatable bonds is 5. The van der Waals surface area contributed by atoms with Gasteiger partial charge in [0.2, 0.25) is 0 Å². The maximum Gasteiger partial charge on any atom is 0.136 e. The Kier molecular flexibility index (Phi) is 7.53. The van der Waals surface area contributed by atoms with Crippen LogP contribution in [-0.2, 0) is 0 Å². The molecule has 64 heavy (non-hydrogen) atoms. The fourth-order valence-electron chi connectivity index (χ4n) is 10.2. The lowest BCUT2D eigenvalue weighted by Crippen LogP contribution is -1.95. The SMILES string of the molecule is c1ccc(-c2cc(-c3ccc4c(c3)oc3ccccc34)nc(-c3cccc4oc5ccc(-c6cccc7c8c9c(ccc8n(-c8ccccc8)c67)sc6ccccc69)cc5c34)c2)cc1. The van der Waals surface area contributed by atoms with E-state index < -0.39 is 0 Å². The van der Waals surface area contributed by atoms with Crippen LogP contribution in [0.4, 0.5) is 0 Å². The van der Waals surface area contributed by atoms with E-state index >= 15 is 0 Å². The van der Waals surface area contributed by atoms with E-state index in [1.165, 1.54) is 42.0 Å². The molecule has 0 fully saturated rings. The van der Waals surface area contributed by atoms with Gasteiger partial charge in [-0.2, -0.15) is 0 Å². The second-order valence-electron chi connectivity index (χ2n) is 16.6. The maximum atomic E-state index is 6.68. The molecule has 0 saturated carbocycles. The summed E-state index contributed by atoms with van der Waals surface area (Å²) in [6.07, 6.45) is 0. The Morgan fingerprint density at radius 2 is 1.05 bits per heavy atom. The summed E-state index contributed by atoms with van der Waals surface area (Å²) in [7, 11) is 0. The first kappa shape index (κ1) is 35.4. The molecule has 0 amide bonds. The number of benzene rings is 9. The quantitative estimate of drug-likeness (QED) is 0.173. The monoisotopic (exact) mass is 834 g/mol. The number of hydrogen-bond acceptors (Lipinski definition) is 4. The molecule has 0 bridgehead atoms. The van der Waals surface area contributed by atoms with Gasteiger partial charge in [0.25, 0.3) is 0 Å². The number of pyridine rings is 1. The van der Waals surface area contributed by atoms with Crippen molar-refractivity contribution in [2.24, 2.45) is 0 Å². The summed E-state index contributed by atoms with van der Waals surface area (Å²) in [6.45, 7) is 0. The average Bonchev–Trinajstić information content (AvgIpc) is 4.12. The molecule has 0 aliphatic rings. The van der Waals surface area contributed by atoms with E-state index in [0.717, 1.165) is 94.3 Å². The molecule has 5 heterocycles. The summed E-state index contributed by atoms with van der Waals surface area (Å²) >= 11 is 1.86. The third-order valence-corrected chi connectivity index (χ3v) is 14.1. The van der Waals surface area contributed by atoms with Crippen LogP contribution in [0.15, 0.2) is 215 Å². The van der Waals surface area contributed by atoms with E-state index in [2.05, 4.69) is 199 Å². The van der Waals surface area contributed by atoms with Gasteiger partial charge in [-0.05, 0) is 95.6 Å². The molecule has 0 radical (unpaired) electrons. The highest BCUT2D eigenvalue weighted by Crippen LogP contribution is 2.47. The fourth-order valence-corrected chi connectivity index (χ4v) is 11.3. The third-order valence-electron chi connectivity index (χ3n) is 13.0. The molecule has 5 heteroatoms. The first-order valence-electron chi connectivity index (χ1n) is 21.6. The molecular formula is C59H34N2O2S. The van der Waals surface area contributed by atoms with Crippen LogP contribution in [0.3, 0.4) is 0 Å². The van der Waals surface area contributed by atoms with Gasteiger partial charge >= 0.3 is 0 Å². The molecule has 0 saturated heterocycles. The van der Waals surface area contributed by atoms with Gasteiger partial charge in [0.15, 0.2) is 0 Å². The molecule has 0 aliphatic carbocycles. The summed E-state index contributed by atoms with van der Waals surface area (Å²) < 4.78 is 18.1. The lowest BCUT2D eigenvalue weighted by Gasteiger charge is -2.12. The van der Waals surface area contributed by atoms with E-state index in [4.69, 9.17) is 13.8 Å². The smallest absolute Gasteiger partial charge is 0.136 e. The van der Waals surface area contributed by atoms with Crippen LogP contribution in [0, 0.1) is 0 Å². The number of nitrogens with zero attached hydrogens (tertiary/aromatic N) is 2. The van der Waals surface area contributed by atoms with Crippen LogP contribution >= 0.6 is 11.3 Å².